The molecule has 0 atom stereocenters. The van der Waals surface area contributed by atoms with E-state index in [0.717, 1.165) is 6.42 Å². The van der Waals surface area contributed by atoms with Gasteiger partial charge in [0, 0.05) is 23.9 Å². The zero-order chi connectivity index (χ0) is 20.8. The van der Waals surface area contributed by atoms with Crippen LogP contribution in [0.15, 0.2) is 65.1 Å². The van der Waals surface area contributed by atoms with E-state index in [1.54, 1.807) is 42.5 Å². The summed E-state index contributed by atoms with van der Waals surface area (Å²) in [5.74, 6) is -0.296. The van der Waals surface area contributed by atoms with Crippen molar-refractivity contribution in [3.05, 3.63) is 76.5 Å². The number of carbonyl (C=O) groups is 2. The molecule has 1 heterocycles. The van der Waals surface area contributed by atoms with Gasteiger partial charge in [-0.2, -0.15) is 0 Å². The molecule has 0 spiro atoms. The molecule has 0 saturated carbocycles. The Kier molecular flexibility index (Phi) is 6.03. The third-order valence-corrected chi connectivity index (χ3v) is 4.10. The number of rotatable bonds is 7. The largest absolute Gasteiger partial charge is 0.451 e. The summed E-state index contributed by atoms with van der Waals surface area (Å²) in [6.07, 6.45) is 1.20. The Bertz CT molecular complexity index is 1040. The van der Waals surface area contributed by atoms with Crippen molar-refractivity contribution in [3.63, 3.8) is 0 Å². The highest BCUT2D eigenvalue weighted by molar-refractivity contribution is 6.02. The molecule has 8 nitrogen and oxygen atoms in total. The number of carbonyl (C=O) groups excluding carboxylic acids is 2. The van der Waals surface area contributed by atoms with Crippen LogP contribution < -0.4 is 10.6 Å². The predicted octanol–water partition coefficient (Wildman–Crippen LogP) is 4.85. The Morgan fingerprint density at radius 1 is 0.966 bits per heavy atom. The molecular weight excluding hydrogens is 374 g/mol. The standard InChI is InChI=1S/C21H19N3O5/c1-2-5-20(25)22-14-8-10-15(11-9-14)23-21(26)19-13-12-18(29-19)16-6-3-4-7-17(16)24(27)28/h3-4,6-13H,2,5H2,1H3,(H,22,25)(H,23,26). The monoisotopic (exact) mass is 393 g/mol. The van der Waals surface area contributed by atoms with Gasteiger partial charge in [-0.15, -0.1) is 0 Å². The van der Waals surface area contributed by atoms with Crippen LogP contribution in [-0.2, 0) is 4.79 Å². The molecule has 0 bridgehead atoms. The number of furan rings is 1. The fraction of sp³-hybridized carbons (Fsp3) is 0.143. The van der Waals surface area contributed by atoms with E-state index in [4.69, 9.17) is 4.42 Å². The molecule has 3 aromatic rings. The average Bonchev–Trinajstić information content (AvgIpc) is 3.20. The molecule has 0 radical (unpaired) electrons. The fourth-order valence-electron chi connectivity index (χ4n) is 2.73. The molecule has 2 amide bonds. The molecule has 0 aliphatic carbocycles. The lowest BCUT2D eigenvalue weighted by molar-refractivity contribution is -0.384. The van der Waals surface area contributed by atoms with Gasteiger partial charge in [-0.1, -0.05) is 19.1 Å². The van der Waals surface area contributed by atoms with Gasteiger partial charge in [0.15, 0.2) is 5.76 Å². The molecule has 0 fully saturated rings. The van der Waals surface area contributed by atoms with Crippen LogP contribution in [0.5, 0.6) is 0 Å². The second-order valence-electron chi connectivity index (χ2n) is 6.27. The van der Waals surface area contributed by atoms with Crippen molar-refractivity contribution in [2.45, 2.75) is 19.8 Å². The number of para-hydroxylation sites is 1. The summed E-state index contributed by atoms with van der Waals surface area (Å²) < 4.78 is 5.52. The summed E-state index contributed by atoms with van der Waals surface area (Å²) in [6.45, 7) is 1.92. The lowest BCUT2D eigenvalue weighted by atomic mass is 10.1. The summed E-state index contributed by atoms with van der Waals surface area (Å²) in [5, 5.41) is 16.6. The van der Waals surface area contributed by atoms with Crippen molar-refractivity contribution < 1.29 is 18.9 Å². The lowest BCUT2D eigenvalue weighted by Crippen LogP contribution is -2.12. The average molecular weight is 393 g/mol. The molecule has 0 unspecified atom stereocenters. The first kappa shape index (κ1) is 19.8. The molecule has 8 heteroatoms. The van der Waals surface area contributed by atoms with E-state index in [1.807, 2.05) is 6.92 Å². The van der Waals surface area contributed by atoms with Crippen molar-refractivity contribution in [1.82, 2.24) is 0 Å². The summed E-state index contributed by atoms with van der Waals surface area (Å²) in [7, 11) is 0. The number of hydrogen-bond donors (Lipinski definition) is 2. The van der Waals surface area contributed by atoms with E-state index in [9.17, 15) is 19.7 Å². The number of amides is 2. The van der Waals surface area contributed by atoms with Crippen LogP contribution in [-0.4, -0.2) is 16.7 Å². The van der Waals surface area contributed by atoms with Crippen molar-refractivity contribution in [2.75, 3.05) is 10.6 Å². The molecule has 148 valence electrons. The molecule has 2 N–H and O–H groups in total. The minimum Gasteiger partial charge on any atom is -0.451 e. The number of hydrogen-bond acceptors (Lipinski definition) is 5. The normalized spacial score (nSPS) is 10.4. The smallest absolute Gasteiger partial charge is 0.291 e. The summed E-state index contributed by atoms with van der Waals surface area (Å²) in [4.78, 5) is 34.7. The van der Waals surface area contributed by atoms with Crippen molar-refractivity contribution in [1.29, 1.82) is 0 Å². The zero-order valence-electron chi connectivity index (χ0n) is 15.7. The lowest BCUT2D eigenvalue weighted by Gasteiger charge is -2.07. The SMILES string of the molecule is CCCC(=O)Nc1ccc(NC(=O)c2ccc(-c3ccccc3[N+](=O)[O-])o2)cc1. The predicted molar refractivity (Wildman–Crippen MR) is 109 cm³/mol. The molecule has 0 aliphatic heterocycles. The van der Waals surface area contributed by atoms with Gasteiger partial charge in [-0.05, 0) is 48.9 Å². The van der Waals surface area contributed by atoms with Crippen LogP contribution in [0.2, 0.25) is 0 Å². The highest BCUT2D eigenvalue weighted by Crippen LogP contribution is 2.31. The van der Waals surface area contributed by atoms with E-state index in [1.165, 1.54) is 18.2 Å². The topological polar surface area (TPSA) is 114 Å². The van der Waals surface area contributed by atoms with Crippen LogP contribution >= 0.6 is 0 Å². The number of benzene rings is 2. The van der Waals surface area contributed by atoms with Crippen molar-refractivity contribution >= 4 is 28.9 Å². The number of nitrogens with one attached hydrogen (secondary N) is 2. The first-order valence-electron chi connectivity index (χ1n) is 9.03. The number of nitro groups is 1. The second-order valence-corrected chi connectivity index (χ2v) is 6.27. The number of nitro benzene ring substituents is 1. The Hall–Kier alpha value is -3.94. The van der Waals surface area contributed by atoms with Gasteiger partial charge in [0.2, 0.25) is 5.91 Å². The molecule has 0 saturated heterocycles. The van der Waals surface area contributed by atoms with Crippen molar-refractivity contribution in [2.24, 2.45) is 0 Å². The van der Waals surface area contributed by atoms with Gasteiger partial charge >= 0.3 is 0 Å². The Balaban J connectivity index is 1.70. The molecule has 0 aliphatic rings. The van der Waals surface area contributed by atoms with Crippen LogP contribution in [0.4, 0.5) is 17.1 Å². The van der Waals surface area contributed by atoms with E-state index in [2.05, 4.69) is 10.6 Å². The van der Waals surface area contributed by atoms with E-state index < -0.39 is 10.8 Å². The summed E-state index contributed by atoms with van der Waals surface area (Å²) in [6, 6.07) is 15.8. The molecule has 1 aromatic heterocycles. The Morgan fingerprint density at radius 2 is 1.62 bits per heavy atom. The van der Waals surface area contributed by atoms with Crippen LogP contribution in [0.3, 0.4) is 0 Å². The Morgan fingerprint density at radius 3 is 2.28 bits per heavy atom. The first-order valence-corrected chi connectivity index (χ1v) is 9.03. The molecule has 3 rings (SSSR count). The molecular formula is C21H19N3O5. The quantitative estimate of drug-likeness (QED) is 0.440. The second kappa shape index (κ2) is 8.83. The van der Waals surface area contributed by atoms with E-state index in [-0.39, 0.29) is 23.1 Å². The van der Waals surface area contributed by atoms with Crippen molar-refractivity contribution in [3.8, 4) is 11.3 Å². The van der Waals surface area contributed by atoms with Crippen LogP contribution in [0.25, 0.3) is 11.3 Å². The summed E-state index contributed by atoms with van der Waals surface area (Å²) in [5.41, 5.74) is 1.35. The number of nitrogens with zero attached hydrogens (tertiary/aromatic N) is 1. The highest BCUT2D eigenvalue weighted by atomic mass is 16.6. The maximum absolute atomic E-state index is 12.4. The Labute approximate surface area is 166 Å². The van der Waals surface area contributed by atoms with Crippen LogP contribution in [0.1, 0.15) is 30.3 Å². The van der Waals surface area contributed by atoms with Gasteiger partial charge < -0.3 is 15.1 Å². The van der Waals surface area contributed by atoms with Gasteiger partial charge in [-0.3, -0.25) is 19.7 Å². The molecule has 2 aromatic carbocycles. The van der Waals surface area contributed by atoms with E-state index in [0.29, 0.717) is 23.4 Å². The van der Waals surface area contributed by atoms with Gasteiger partial charge in [-0.25, -0.2) is 0 Å². The summed E-state index contributed by atoms with van der Waals surface area (Å²) >= 11 is 0. The van der Waals surface area contributed by atoms with Gasteiger partial charge in [0.1, 0.15) is 5.76 Å². The maximum atomic E-state index is 12.4. The third-order valence-electron chi connectivity index (χ3n) is 4.10. The fourth-order valence-corrected chi connectivity index (χ4v) is 2.73. The minimum absolute atomic E-state index is 0.0264. The minimum atomic E-state index is -0.502. The highest BCUT2D eigenvalue weighted by Gasteiger charge is 2.19. The zero-order valence-corrected chi connectivity index (χ0v) is 15.7. The third kappa shape index (κ3) is 4.86. The van der Waals surface area contributed by atoms with E-state index >= 15 is 0 Å². The first-order chi connectivity index (χ1) is 14.0. The number of anilines is 2. The maximum Gasteiger partial charge on any atom is 0.291 e. The molecule has 29 heavy (non-hydrogen) atoms. The van der Waals surface area contributed by atoms with Gasteiger partial charge in [0.25, 0.3) is 11.6 Å². The van der Waals surface area contributed by atoms with Crippen LogP contribution in [0, 0.1) is 10.1 Å². The van der Waals surface area contributed by atoms with Gasteiger partial charge in [0.05, 0.1) is 10.5 Å².